The third-order valence-electron chi connectivity index (χ3n) is 6.48. The van der Waals surface area contributed by atoms with Gasteiger partial charge in [0.25, 0.3) is 5.91 Å². The molecule has 34 heavy (non-hydrogen) atoms. The number of hydrogen-bond acceptors (Lipinski definition) is 6. The topological polar surface area (TPSA) is 67.3 Å². The number of halogens is 3. The molecule has 1 saturated heterocycles. The Hall–Kier alpha value is -2.88. The van der Waals surface area contributed by atoms with Crippen LogP contribution in [0.15, 0.2) is 30.3 Å². The van der Waals surface area contributed by atoms with Crippen LogP contribution in [0.2, 0.25) is 0 Å². The number of pyridine rings is 1. The molecule has 0 saturated carbocycles. The van der Waals surface area contributed by atoms with Crippen molar-refractivity contribution in [1.29, 1.82) is 0 Å². The van der Waals surface area contributed by atoms with E-state index in [1.807, 2.05) is 0 Å². The molecule has 0 spiro atoms. The monoisotopic (exact) mass is 492 g/mol. The number of benzene rings is 1. The molecule has 1 amide bonds. The quantitative estimate of drug-likeness (QED) is 0.442. The van der Waals surface area contributed by atoms with Gasteiger partial charge in [-0.3, -0.25) is 4.79 Å². The van der Waals surface area contributed by atoms with E-state index < -0.39 is 17.8 Å². The molecule has 0 bridgehead atoms. The van der Waals surface area contributed by atoms with Crippen molar-refractivity contribution in [3.05, 3.63) is 41.7 Å². The molecule has 0 radical (unpaired) electrons. The summed E-state index contributed by atoms with van der Waals surface area (Å²) in [6, 6.07) is 6.70. The van der Waals surface area contributed by atoms with Crippen LogP contribution in [0.25, 0.3) is 10.2 Å². The minimum atomic E-state index is -4.63. The van der Waals surface area contributed by atoms with Crippen LogP contribution in [-0.2, 0) is 6.18 Å². The number of amides is 1. The number of carbonyl (C=O) groups is 1. The number of anilines is 2. The van der Waals surface area contributed by atoms with Crippen LogP contribution in [0.1, 0.15) is 49.3 Å². The van der Waals surface area contributed by atoms with E-state index in [0.717, 1.165) is 65.2 Å². The molecule has 6 nitrogen and oxygen atoms in total. The van der Waals surface area contributed by atoms with E-state index in [2.05, 4.69) is 29.0 Å². The van der Waals surface area contributed by atoms with E-state index in [1.165, 1.54) is 30.9 Å². The van der Waals surface area contributed by atoms with Crippen LogP contribution >= 0.6 is 11.3 Å². The van der Waals surface area contributed by atoms with Gasteiger partial charge in [-0.05, 0) is 42.9 Å². The lowest BCUT2D eigenvalue weighted by molar-refractivity contribution is -0.141. The fraction of sp³-hybridized carbons (Fsp3) is 0.458. The van der Waals surface area contributed by atoms with Crippen molar-refractivity contribution >= 4 is 38.3 Å². The lowest BCUT2D eigenvalue weighted by Crippen LogP contribution is -2.35. The Morgan fingerprint density at radius 2 is 2.00 bits per heavy atom. The van der Waals surface area contributed by atoms with Gasteiger partial charge in [0.05, 0.1) is 23.0 Å². The zero-order valence-corrected chi connectivity index (χ0v) is 20.1. The fourth-order valence-electron chi connectivity index (χ4n) is 4.24. The molecule has 1 aromatic carbocycles. The normalized spacial score (nSPS) is 16.0. The maximum Gasteiger partial charge on any atom is 0.433 e. The lowest BCUT2D eigenvalue weighted by Gasteiger charge is -2.34. The molecule has 1 aliphatic heterocycles. The number of piperidine rings is 1. The van der Waals surface area contributed by atoms with Crippen LogP contribution < -0.4 is 15.0 Å². The average molecular weight is 493 g/mol. The predicted octanol–water partition coefficient (Wildman–Crippen LogP) is 6.23. The Kier molecular flexibility index (Phi) is 6.97. The van der Waals surface area contributed by atoms with Crippen molar-refractivity contribution in [2.45, 2.75) is 39.3 Å². The van der Waals surface area contributed by atoms with Crippen molar-refractivity contribution in [2.24, 2.45) is 11.8 Å². The number of fused-ring (bicyclic) bond motifs is 1. The first kappa shape index (κ1) is 24.3. The van der Waals surface area contributed by atoms with Gasteiger partial charge in [0.1, 0.15) is 17.1 Å². The van der Waals surface area contributed by atoms with Gasteiger partial charge in [0, 0.05) is 19.2 Å². The maximum atomic E-state index is 13.0. The summed E-state index contributed by atoms with van der Waals surface area (Å²) in [5.41, 5.74) is -0.348. The molecule has 1 N–H and O–H groups in total. The van der Waals surface area contributed by atoms with Crippen LogP contribution in [0.5, 0.6) is 5.75 Å². The van der Waals surface area contributed by atoms with E-state index in [4.69, 9.17) is 9.72 Å². The summed E-state index contributed by atoms with van der Waals surface area (Å²) in [6.07, 6.45) is -1.16. The highest BCUT2D eigenvalue weighted by Gasteiger charge is 2.33. The highest BCUT2D eigenvalue weighted by atomic mass is 32.1. The van der Waals surface area contributed by atoms with Crippen LogP contribution in [0.3, 0.4) is 0 Å². The molecule has 2 aromatic heterocycles. The number of rotatable bonds is 6. The number of ether oxygens (including phenoxy) is 1. The Morgan fingerprint density at radius 1 is 1.26 bits per heavy atom. The van der Waals surface area contributed by atoms with Gasteiger partial charge in [-0.25, -0.2) is 9.97 Å². The molecule has 1 atom stereocenters. The van der Waals surface area contributed by atoms with Crippen molar-refractivity contribution in [2.75, 3.05) is 30.4 Å². The molecule has 10 heteroatoms. The fourth-order valence-corrected chi connectivity index (χ4v) is 5.28. The zero-order chi connectivity index (χ0) is 24.5. The molecule has 0 aliphatic carbocycles. The summed E-state index contributed by atoms with van der Waals surface area (Å²) >= 11 is 1.52. The first-order chi connectivity index (χ1) is 16.2. The van der Waals surface area contributed by atoms with Gasteiger partial charge in [-0.15, -0.1) is 0 Å². The number of aromatic nitrogens is 2. The maximum absolute atomic E-state index is 13.0. The average Bonchev–Trinajstić information content (AvgIpc) is 3.25. The van der Waals surface area contributed by atoms with Crippen LogP contribution in [-0.4, -0.2) is 36.1 Å². The number of nitrogens with zero attached hydrogens (tertiary/aromatic N) is 3. The number of nitrogens with one attached hydrogen (secondary N) is 1. The highest BCUT2D eigenvalue weighted by molar-refractivity contribution is 7.22. The summed E-state index contributed by atoms with van der Waals surface area (Å²) in [7, 11) is 1.46. The summed E-state index contributed by atoms with van der Waals surface area (Å²) in [4.78, 5) is 23.2. The van der Waals surface area contributed by atoms with Crippen molar-refractivity contribution < 1.29 is 22.7 Å². The molecule has 1 aliphatic rings. The highest BCUT2D eigenvalue weighted by Crippen LogP contribution is 2.38. The first-order valence-corrected chi connectivity index (χ1v) is 12.1. The van der Waals surface area contributed by atoms with Crippen LogP contribution in [0.4, 0.5) is 24.0 Å². The predicted molar refractivity (Wildman–Crippen MR) is 128 cm³/mol. The van der Waals surface area contributed by atoms with Gasteiger partial charge < -0.3 is 15.0 Å². The Bertz CT molecular complexity index is 1170. The number of carbonyl (C=O) groups excluding carboxylic acids is 1. The summed E-state index contributed by atoms with van der Waals surface area (Å²) < 4.78 is 45.2. The van der Waals surface area contributed by atoms with Gasteiger partial charge in [-0.1, -0.05) is 37.7 Å². The number of alkyl halides is 3. The SMILES string of the molecule is CCC(C)C1CCN(c2nc3cc(OC)c(NC(=O)c4cccc(C(F)(F)F)n4)cc3s2)CC1. The van der Waals surface area contributed by atoms with E-state index in [-0.39, 0.29) is 5.69 Å². The van der Waals surface area contributed by atoms with E-state index >= 15 is 0 Å². The molecular weight excluding hydrogens is 465 g/mol. The Morgan fingerprint density at radius 3 is 2.65 bits per heavy atom. The summed E-state index contributed by atoms with van der Waals surface area (Å²) in [6.45, 7) is 6.46. The largest absolute Gasteiger partial charge is 0.494 e. The Balaban J connectivity index is 1.54. The molecule has 3 heterocycles. The van der Waals surface area contributed by atoms with Crippen molar-refractivity contribution in [1.82, 2.24) is 9.97 Å². The second-order valence-electron chi connectivity index (χ2n) is 8.59. The second-order valence-corrected chi connectivity index (χ2v) is 9.60. The third kappa shape index (κ3) is 5.11. The lowest BCUT2D eigenvalue weighted by atomic mass is 9.84. The van der Waals surface area contributed by atoms with Gasteiger partial charge in [-0.2, -0.15) is 13.2 Å². The molecule has 182 valence electrons. The molecule has 1 fully saturated rings. The summed E-state index contributed by atoms with van der Waals surface area (Å²) in [5, 5.41) is 3.55. The van der Waals surface area contributed by atoms with Crippen molar-refractivity contribution in [3.8, 4) is 5.75 Å². The zero-order valence-electron chi connectivity index (χ0n) is 19.3. The van der Waals surface area contributed by atoms with Crippen LogP contribution in [0, 0.1) is 11.8 Å². The standard InChI is InChI=1S/C24H27F3N4O2S/c1-4-14(2)15-8-10-31(11-9-15)23-30-18-12-19(33-3)17(13-20(18)34-23)29-22(32)16-6-5-7-21(28-16)24(25,26)27/h5-7,12-15H,4,8-11H2,1-3H3,(H,29,32). The third-order valence-corrected chi connectivity index (χ3v) is 7.56. The number of methoxy groups -OCH3 is 1. The summed E-state index contributed by atoms with van der Waals surface area (Å²) in [5.74, 6) is 1.09. The van der Waals surface area contributed by atoms with E-state index in [9.17, 15) is 18.0 Å². The van der Waals surface area contributed by atoms with E-state index in [1.54, 1.807) is 12.1 Å². The first-order valence-electron chi connectivity index (χ1n) is 11.3. The number of thiazole rings is 1. The van der Waals surface area contributed by atoms with Crippen molar-refractivity contribution in [3.63, 3.8) is 0 Å². The van der Waals surface area contributed by atoms with Gasteiger partial charge >= 0.3 is 6.18 Å². The van der Waals surface area contributed by atoms with Gasteiger partial charge in [0.15, 0.2) is 5.13 Å². The second kappa shape index (κ2) is 9.77. The smallest absolute Gasteiger partial charge is 0.433 e. The molecular formula is C24H27F3N4O2S. The molecule has 3 aromatic rings. The molecule has 1 unspecified atom stereocenters. The Labute approximate surface area is 200 Å². The minimum Gasteiger partial charge on any atom is -0.494 e. The minimum absolute atomic E-state index is 0.328. The number of hydrogen-bond donors (Lipinski definition) is 1. The molecule has 4 rings (SSSR count). The van der Waals surface area contributed by atoms with E-state index in [0.29, 0.717) is 11.4 Å². The van der Waals surface area contributed by atoms with Gasteiger partial charge in [0.2, 0.25) is 0 Å².